The topological polar surface area (TPSA) is 0 Å². The third-order valence-electron chi connectivity index (χ3n) is 4.80. The van der Waals surface area contributed by atoms with Crippen molar-refractivity contribution in [2.75, 3.05) is 0 Å². The second-order valence-electron chi connectivity index (χ2n) is 5.90. The standard InChI is InChI=1S/C20H13I/c21-14-10-13-6-3-8-16-15-7-1-4-12-5-2-9-17(19(12)15)18(11-14)20(13)16/h1-6,8-11,15H,7H2. The maximum absolute atomic E-state index is 2.43. The molecule has 0 aromatic heterocycles. The van der Waals surface area contributed by atoms with Crippen LogP contribution < -0.4 is 0 Å². The molecule has 0 aliphatic heterocycles. The highest BCUT2D eigenvalue weighted by Crippen LogP contribution is 2.50. The fourth-order valence-electron chi connectivity index (χ4n) is 4.01. The van der Waals surface area contributed by atoms with E-state index in [2.05, 4.69) is 83.3 Å². The van der Waals surface area contributed by atoms with Crippen molar-refractivity contribution < 1.29 is 0 Å². The summed E-state index contributed by atoms with van der Waals surface area (Å²) in [6, 6.07) is 18.2. The normalized spacial score (nSPS) is 17.9. The number of allylic oxidation sites excluding steroid dienone is 1. The van der Waals surface area contributed by atoms with Crippen LogP contribution >= 0.6 is 22.6 Å². The second-order valence-corrected chi connectivity index (χ2v) is 7.14. The molecule has 100 valence electrons. The van der Waals surface area contributed by atoms with Crippen molar-refractivity contribution >= 4 is 39.4 Å². The summed E-state index contributed by atoms with van der Waals surface area (Å²) in [7, 11) is 0. The number of fused-ring (bicyclic) bond motifs is 2. The zero-order valence-corrected chi connectivity index (χ0v) is 13.6. The van der Waals surface area contributed by atoms with Crippen molar-refractivity contribution in [2.45, 2.75) is 12.3 Å². The molecular weight excluding hydrogens is 367 g/mol. The Labute approximate surface area is 137 Å². The molecule has 2 aliphatic carbocycles. The van der Waals surface area contributed by atoms with E-state index in [0.717, 1.165) is 6.42 Å². The molecule has 0 heterocycles. The molecule has 3 aromatic carbocycles. The third kappa shape index (κ3) is 1.55. The maximum Gasteiger partial charge on any atom is 0.0142 e. The largest absolute Gasteiger partial charge is 0.0830 e. The van der Waals surface area contributed by atoms with Crippen LogP contribution in [0.25, 0.3) is 28.0 Å². The molecule has 5 rings (SSSR count). The van der Waals surface area contributed by atoms with Gasteiger partial charge in [-0.3, -0.25) is 0 Å². The quantitative estimate of drug-likeness (QED) is 0.422. The van der Waals surface area contributed by atoms with E-state index in [1.54, 1.807) is 0 Å². The third-order valence-corrected chi connectivity index (χ3v) is 5.42. The van der Waals surface area contributed by atoms with Gasteiger partial charge in [-0.15, -0.1) is 0 Å². The molecule has 0 nitrogen and oxygen atoms in total. The second kappa shape index (κ2) is 4.20. The van der Waals surface area contributed by atoms with E-state index in [0.29, 0.717) is 5.92 Å². The fraction of sp³-hybridized carbons (Fsp3) is 0.100. The Morgan fingerprint density at radius 1 is 0.952 bits per heavy atom. The lowest BCUT2D eigenvalue weighted by Crippen LogP contribution is -2.12. The van der Waals surface area contributed by atoms with Crippen LogP contribution in [0, 0.1) is 3.57 Å². The summed E-state index contributed by atoms with van der Waals surface area (Å²) < 4.78 is 1.31. The van der Waals surface area contributed by atoms with Crippen LogP contribution in [0.4, 0.5) is 0 Å². The first kappa shape index (κ1) is 12.0. The number of hydrogen-bond acceptors (Lipinski definition) is 0. The predicted octanol–water partition coefficient (Wildman–Crippen LogP) is 5.97. The average molecular weight is 380 g/mol. The minimum atomic E-state index is 0.525. The zero-order valence-electron chi connectivity index (χ0n) is 11.4. The van der Waals surface area contributed by atoms with Gasteiger partial charge in [-0.2, -0.15) is 0 Å². The Kier molecular flexibility index (Phi) is 2.40. The molecule has 0 saturated carbocycles. The summed E-state index contributed by atoms with van der Waals surface area (Å²) in [5.41, 5.74) is 7.27. The van der Waals surface area contributed by atoms with Gasteiger partial charge >= 0.3 is 0 Å². The molecule has 0 radical (unpaired) electrons. The molecule has 0 fully saturated rings. The SMILES string of the molecule is Ic1cc2c3c(cccc3c1)C1CC=Cc3cccc-2c31. The van der Waals surface area contributed by atoms with E-state index in [1.807, 2.05) is 0 Å². The molecule has 1 atom stereocenters. The van der Waals surface area contributed by atoms with Crippen molar-refractivity contribution in [3.05, 3.63) is 74.9 Å². The van der Waals surface area contributed by atoms with Crippen LogP contribution in [0.2, 0.25) is 0 Å². The van der Waals surface area contributed by atoms with Crippen LogP contribution in [0.3, 0.4) is 0 Å². The smallest absolute Gasteiger partial charge is 0.0142 e. The Morgan fingerprint density at radius 2 is 1.86 bits per heavy atom. The fourth-order valence-corrected chi connectivity index (χ4v) is 4.65. The first-order valence-corrected chi connectivity index (χ1v) is 8.43. The van der Waals surface area contributed by atoms with Gasteiger partial charge in [0.1, 0.15) is 0 Å². The Balaban J connectivity index is 2.03. The molecule has 1 unspecified atom stereocenters. The molecule has 1 heteroatoms. The average Bonchev–Trinajstić information content (AvgIpc) is 2.51. The highest BCUT2D eigenvalue weighted by Gasteiger charge is 2.29. The van der Waals surface area contributed by atoms with Gasteiger partial charge in [-0.05, 0) is 79.7 Å². The summed E-state index contributed by atoms with van der Waals surface area (Å²) in [5.74, 6) is 0.525. The maximum atomic E-state index is 2.43. The van der Waals surface area contributed by atoms with Crippen molar-refractivity contribution in [1.29, 1.82) is 0 Å². The summed E-state index contributed by atoms with van der Waals surface area (Å²) >= 11 is 2.43. The number of rotatable bonds is 0. The first-order chi connectivity index (χ1) is 10.3. The summed E-state index contributed by atoms with van der Waals surface area (Å²) in [6.07, 6.45) is 5.73. The molecule has 21 heavy (non-hydrogen) atoms. The van der Waals surface area contributed by atoms with Gasteiger partial charge in [-0.25, -0.2) is 0 Å². The Morgan fingerprint density at radius 3 is 2.81 bits per heavy atom. The van der Waals surface area contributed by atoms with Crippen LogP contribution in [-0.2, 0) is 0 Å². The molecule has 0 spiro atoms. The van der Waals surface area contributed by atoms with Crippen molar-refractivity contribution in [3.8, 4) is 11.1 Å². The number of halogens is 1. The molecule has 0 N–H and O–H groups in total. The molecule has 2 aliphatic rings. The van der Waals surface area contributed by atoms with Gasteiger partial charge in [0.2, 0.25) is 0 Å². The molecule has 0 bridgehead atoms. The summed E-state index contributed by atoms with van der Waals surface area (Å²) in [5, 5.41) is 2.84. The Hall–Kier alpha value is -1.61. The van der Waals surface area contributed by atoms with Gasteiger partial charge in [0.05, 0.1) is 0 Å². The van der Waals surface area contributed by atoms with E-state index in [4.69, 9.17) is 0 Å². The molecular formula is C20H13I. The zero-order chi connectivity index (χ0) is 14.0. The van der Waals surface area contributed by atoms with E-state index < -0.39 is 0 Å². The van der Waals surface area contributed by atoms with Crippen molar-refractivity contribution in [1.82, 2.24) is 0 Å². The minimum absolute atomic E-state index is 0.525. The van der Waals surface area contributed by atoms with E-state index in [9.17, 15) is 0 Å². The predicted molar refractivity (Wildman–Crippen MR) is 97.6 cm³/mol. The minimum Gasteiger partial charge on any atom is -0.0830 e. The van der Waals surface area contributed by atoms with Gasteiger partial charge in [0, 0.05) is 9.49 Å². The molecule has 0 amide bonds. The van der Waals surface area contributed by atoms with Gasteiger partial charge in [0.15, 0.2) is 0 Å². The van der Waals surface area contributed by atoms with Crippen molar-refractivity contribution in [2.24, 2.45) is 0 Å². The van der Waals surface area contributed by atoms with Gasteiger partial charge < -0.3 is 0 Å². The van der Waals surface area contributed by atoms with Gasteiger partial charge in [0.25, 0.3) is 0 Å². The molecule has 0 saturated heterocycles. The number of hydrogen-bond donors (Lipinski definition) is 0. The number of benzene rings is 3. The van der Waals surface area contributed by atoms with Crippen LogP contribution in [0.1, 0.15) is 29.0 Å². The van der Waals surface area contributed by atoms with Crippen LogP contribution in [-0.4, -0.2) is 0 Å². The lowest BCUT2D eigenvalue weighted by atomic mass is 9.72. The van der Waals surface area contributed by atoms with Crippen LogP contribution in [0.5, 0.6) is 0 Å². The van der Waals surface area contributed by atoms with Gasteiger partial charge in [-0.1, -0.05) is 48.6 Å². The molecule has 3 aromatic rings. The highest BCUT2D eigenvalue weighted by molar-refractivity contribution is 14.1. The highest BCUT2D eigenvalue weighted by atomic mass is 127. The lowest BCUT2D eigenvalue weighted by Gasteiger charge is -2.31. The monoisotopic (exact) mass is 380 g/mol. The van der Waals surface area contributed by atoms with E-state index in [-0.39, 0.29) is 0 Å². The summed E-state index contributed by atoms with van der Waals surface area (Å²) in [6.45, 7) is 0. The summed E-state index contributed by atoms with van der Waals surface area (Å²) in [4.78, 5) is 0. The Bertz CT molecular complexity index is 934. The first-order valence-electron chi connectivity index (χ1n) is 7.35. The van der Waals surface area contributed by atoms with Crippen LogP contribution in [0.15, 0.2) is 54.6 Å². The van der Waals surface area contributed by atoms with E-state index in [1.165, 1.54) is 42.2 Å². The van der Waals surface area contributed by atoms with Crippen molar-refractivity contribution in [3.63, 3.8) is 0 Å². The lowest BCUT2D eigenvalue weighted by molar-refractivity contribution is 0.824. The van der Waals surface area contributed by atoms with E-state index >= 15 is 0 Å².